The van der Waals surface area contributed by atoms with E-state index in [2.05, 4.69) is 28.1 Å². The Hall–Kier alpha value is -3.88. The number of benzene rings is 3. The van der Waals surface area contributed by atoms with Crippen LogP contribution in [0, 0.1) is 11.3 Å². The second-order valence-electron chi connectivity index (χ2n) is 7.45. The molecule has 0 saturated carbocycles. The second kappa shape index (κ2) is 8.24. The van der Waals surface area contributed by atoms with Crippen LogP contribution in [0.1, 0.15) is 22.3 Å². The number of aliphatic imine (C=N–C) groups is 1. The zero-order valence-electron chi connectivity index (χ0n) is 16.9. The molecule has 0 fully saturated rings. The van der Waals surface area contributed by atoms with Crippen molar-refractivity contribution in [1.82, 2.24) is 9.88 Å². The van der Waals surface area contributed by atoms with Crippen molar-refractivity contribution in [3.63, 3.8) is 0 Å². The molecule has 0 saturated heterocycles. The zero-order chi connectivity index (χ0) is 21.1. The summed E-state index contributed by atoms with van der Waals surface area (Å²) in [5, 5.41) is 20.8. The summed E-state index contributed by atoms with van der Waals surface area (Å²) >= 11 is 0. The van der Waals surface area contributed by atoms with E-state index in [0.29, 0.717) is 16.8 Å². The summed E-state index contributed by atoms with van der Waals surface area (Å²) in [6, 6.07) is 25.3. The number of aromatic hydroxyl groups is 1. The first-order valence-electron chi connectivity index (χ1n) is 9.68. The van der Waals surface area contributed by atoms with Crippen molar-refractivity contribution in [3.05, 3.63) is 95.1 Å². The molecule has 5 nitrogen and oxygen atoms in total. The Morgan fingerprint density at radius 2 is 1.77 bits per heavy atom. The minimum Gasteiger partial charge on any atom is -0.494 e. The molecule has 0 amide bonds. The summed E-state index contributed by atoms with van der Waals surface area (Å²) in [6.07, 6.45) is 0. The number of hydrogen-bond donors (Lipinski definition) is 2. The maximum Gasteiger partial charge on any atom is 0.199 e. The van der Waals surface area contributed by atoms with Crippen molar-refractivity contribution in [1.29, 1.82) is 5.26 Å². The molecule has 0 aliphatic heterocycles. The van der Waals surface area contributed by atoms with Crippen LogP contribution < -0.4 is 0 Å². The molecule has 0 radical (unpaired) electrons. The summed E-state index contributed by atoms with van der Waals surface area (Å²) in [7, 11) is 4.07. The number of aromatic amines is 1. The van der Waals surface area contributed by atoms with Gasteiger partial charge in [0.15, 0.2) is 5.88 Å². The lowest BCUT2D eigenvalue weighted by Crippen LogP contribution is -2.10. The predicted octanol–water partition coefficient (Wildman–Crippen LogP) is 4.98. The molecule has 1 aromatic heterocycles. The van der Waals surface area contributed by atoms with Crippen molar-refractivity contribution in [2.45, 2.75) is 6.54 Å². The van der Waals surface area contributed by atoms with Crippen LogP contribution in [-0.2, 0) is 6.54 Å². The highest BCUT2D eigenvalue weighted by atomic mass is 16.3. The summed E-state index contributed by atoms with van der Waals surface area (Å²) in [4.78, 5) is 10.0. The van der Waals surface area contributed by atoms with Gasteiger partial charge in [-0.2, -0.15) is 5.26 Å². The third kappa shape index (κ3) is 3.95. The standard InChI is InChI=1S/C25H22N4O/c1-29(2)16-17-8-11-20(12-9-17)27-24(19-6-4-3-5-7-19)23-21-14-18(15-26)10-13-22(21)28-25(23)30/h3-14,28,30H,16H2,1-2H3. The van der Waals surface area contributed by atoms with Crippen LogP contribution in [0.5, 0.6) is 5.88 Å². The SMILES string of the molecule is CN(C)Cc1ccc(N=C(c2ccccc2)c2c(O)[nH]c3ccc(C#N)cc23)cc1. The smallest absolute Gasteiger partial charge is 0.199 e. The molecule has 2 N–H and O–H groups in total. The largest absolute Gasteiger partial charge is 0.494 e. The Balaban J connectivity index is 1.89. The van der Waals surface area contributed by atoms with Crippen LogP contribution in [0.2, 0.25) is 0 Å². The maximum atomic E-state index is 10.7. The first-order chi connectivity index (χ1) is 14.5. The Kier molecular flexibility index (Phi) is 5.34. The highest BCUT2D eigenvalue weighted by Gasteiger charge is 2.19. The lowest BCUT2D eigenvalue weighted by Gasteiger charge is -2.10. The monoisotopic (exact) mass is 394 g/mol. The molecule has 30 heavy (non-hydrogen) atoms. The summed E-state index contributed by atoms with van der Waals surface area (Å²) in [6.45, 7) is 0.857. The van der Waals surface area contributed by atoms with Gasteiger partial charge >= 0.3 is 0 Å². The van der Waals surface area contributed by atoms with Gasteiger partial charge in [0.05, 0.1) is 28.6 Å². The molecule has 5 heteroatoms. The van der Waals surface area contributed by atoms with E-state index in [9.17, 15) is 10.4 Å². The molecule has 0 unspecified atom stereocenters. The van der Waals surface area contributed by atoms with Crippen LogP contribution in [-0.4, -0.2) is 34.8 Å². The summed E-state index contributed by atoms with van der Waals surface area (Å²) < 4.78 is 0. The Labute approximate surface area is 175 Å². The Morgan fingerprint density at radius 1 is 1.03 bits per heavy atom. The number of fused-ring (bicyclic) bond motifs is 1. The fraction of sp³-hybridized carbons (Fsp3) is 0.120. The van der Waals surface area contributed by atoms with E-state index >= 15 is 0 Å². The zero-order valence-corrected chi connectivity index (χ0v) is 16.9. The van der Waals surface area contributed by atoms with E-state index in [0.717, 1.165) is 28.7 Å². The van der Waals surface area contributed by atoms with Gasteiger partial charge in [-0.15, -0.1) is 0 Å². The number of nitriles is 1. The van der Waals surface area contributed by atoms with E-state index < -0.39 is 0 Å². The van der Waals surface area contributed by atoms with Crippen LogP contribution >= 0.6 is 0 Å². The molecule has 0 atom stereocenters. The molecular weight excluding hydrogens is 372 g/mol. The number of H-pyrrole nitrogens is 1. The molecule has 1 heterocycles. The third-order valence-corrected chi connectivity index (χ3v) is 4.87. The van der Waals surface area contributed by atoms with Gasteiger partial charge in [-0.05, 0) is 50.0 Å². The first kappa shape index (κ1) is 19.4. The molecule has 3 aromatic carbocycles. The van der Waals surface area contributed by atoms with Crippen LogP contribution in [0.4, 0.5) is 5.69 Å². The molecule has 0 spiro atoms. The van der Waals surface area contributed by atoms with Gasteiger partial charge in [0.1, 0.15) is 0 Å². The first-order valence-corrected chi connectivity index (χ1v) is 9.68. The fourth-order valence-electron chi connectivity index (χ4n) is 3.52. The van der Waals surface area contributed by atoms with Gasteiger partial charge in [0.25, 0.3) is 0 Å². The van der Waals surface area contributed by atoms with Gasteiger partial charge in [-0.3, -0.25) is 0 Å². The minimum absolute atomic E-state index is 0.0342. The van der Waals surface area contributed by atoms with E-state index in [1.807, 2.05) is 56.6 Å². The molecule has 4 rings (SSSR count). The molecule has 0 aliphatic carbocycles. The number of rotatable bonds is 5. The van der Waals surface area contributed by atoms with Crippen molar-refractivity contribution in [3.8, 4) is 11.9 Å². The lowest BCUT2D eigenvalue weighted by molar-refractivity contribution is 0.402. The van der Waals surface area contributed by atoms with Crippen molar-refractivity contribution in [2.75, 3.05) is 14.1 Å². The lowest BCUT2D eigenvalue weighted by atomic mass is 10.00. The summed E-state index contributed by atoms with van der Waals surface area (Å²) in [5.74, 6) is 0.0342. The van der Waals surface area contributed by atoms with Gasteiger partial charge in [-0.1, -0.05) is 42.5 Å². The van der Waals surface area contributed by atoms with E-state index in [-0.39, 0.29) is 5.88 Å². The minimum atomic E-state index is 0.0342. The molecule has 0 bridgehead atoms. The predicted molar refractivity (Wildman–Crippen MR) is 120 cm³/mol. The van der Waals surface area contributed by atoms with E-state index in [1.54, 1.807) is 18.2 Å². The van der Waals surface area contributed by atoms with E-state index in [1.165, 1.54) is 5.56 Å². The van der Waals surface area contributed by atoms with Crippen molar-refractivity contribution < 1.29 is 5.11 Å². The van der Waals surface area contributed by atoms with Gasteiger partial charge in [-0.25, -0.2) is 4.99 Å². The quantitative estimate of drug-likeness (QED) is 0.469. The summed E-state index contributed by atoms with van der Waals surface area (Å²) in [5.41, 5.74) is 5.40. The number of nitrogens with one attached hydrogen (secondary N) is 1. The Bertz CT molecular complexity index is 1250. The highest BCUT2D eigenvalue weighted by Crippen LogP contribution is 2.32. The molecular formula is C25H22N4O. The maximum absolute atomic E-state index is 10.7. The number of hydrogen-bond acceptors (Lipinski definition) is 4. The average molecular weight is 394 g/mol. The van der Waals surface area contributed by atoms with Crippen LogP contribution in [0.15, 0.2) is 77.8 Å². The topological polar surface area (TPSA) is 75.4 Å². The van der Waals surface area contributed by atoms with Crippen molar-refractivity contribution >= 4 is 22.3 Å². The molecule has 4 aromatic rings. The van der Waals surface area contributed by atoms with Gasteiger partial charge < -0.3 is 15.0 Å². The highest BCUT2D eigenvalue weighted by molar-refractivity contribution is 6.22. The van der Waals surface area contributed by atoms with Crippen LogP contribution in [0.25, 0.3) is 10.9 Å². The second-order valence-corrected chi connectivity index (χ2v) is 7.45. The van der Waals surface area contributed by atoms with Gasteiger partial charge in [0, 0.05) is 23.0 Å². The number of nitrogens with zero attached hydrogens (tertiary/aromatic N) is 3. The third-order valence-electron chi connectivity index (χ3n) is 4.87. The van der Waals surface area contributed by atoms with Gasteiger partial charge in [0.2, 0.25) is 0 Å². The normalized spacial score (nSPS) is 11.7. The average Bonchev–Trinajstić information content (AvgIpc) is 3.08. The number of aromatic nitrogens is 1. The van der Waals surface area contributed by atoms with Crippen molar-refractivity contribution in [2.24, 2.45) is 4.99 Å². The van der Waals surface area contributed by atoms with E-state index in [4.69, 9.17) is 4.99 Å². The molecule has 0 aliphatic rings. The Morgan fingerprint density at radius 3 is 2.43 bits per heavy atom. The van der Waals surface area contributed by atoms with Crippen LogP contribution in [0.3, 0.4) is 0 Å². The fourth-order valence-corrected chi connectivity index (χ4v) is 3.52. The molecule has 148 valence electrons.